The average Bonchev–Trinajstić information content (AvgIpc) is 2.72. The van der Waals surface area contributed by atoms with E-state index in [1.807, 2.05) is 5.92 Å². The largest absolute Gasteiger partial charge is 0.482 e. The van der Waals surface area contributed by atoms with E-state index >= 15 is 0 Å². The maximum Gasteiger partial charge on any atom is 0.294 e. The third kappa shape index (κ3) is 2.44. The van der Waals surface area contributed by atoms with Gasteiger partial charge in [-0.1, -0.05) is 5.92 Å². The van der Waals surface area contributed by atoms with Crippen LogP contribution in [0, 0.1) is 12.3 Å². The van der Waals surface area contributed by atoms with E-state index in [0.29, 0.717) is 12.4 Å². The zero-order valence-corrected chi connectivity index (χ0v) is 10.8. The summed E-state index contributed by atoms with van der Waals surface area (Å²) in [4.78, 5) is 3.99. The third-order valence-electron chi connectivity index (χ3n) is 3.05. The molecule has 0 aromatic heterocycles. The Morgan fingerprint density at radius 3 is 3.05 bits per heavy atom. The van der Waals surface area contributed by atoms with Gasteiger partial charge in [-0.3, -0.25) is 5.32 Å². The zero-order valence-electron chi connectivity index (χ0n) is 10.8. The normalized spacial score (nSPS) is 36.5. The van der Waals surface area contributed by atoms with Gasteiger partial charge >= 0.3 is 0 Å². The Labute approximate surface area is 115 Å². The molecule has 0 radical (unpaired) electrons. The highest BCUT2D eigenvalue weighted by Gasteiger charge is 2.56. The zero-order chi connectivity index (χ0) is 14.8. The van der Waals surface area contributed by atoms with Crippen LogP contribution < -0.4 is 5.32 Å². The van der Waals surface area contributed by atoms with Gasteiger partial charge in [-0.15, -0.1) is 6.42 Å². The van der Waals surface area contributed by atoms with Crippen LogP contribution in [0.3, 0.4) is 0 Å². The molecule has 2 rings (SSSR count). The number of terminal acetylenes is 1. The molecule has 4 atom stereocenters. The fourth-order valence-corrected chi connectivity index (χ4v) is 1.88. The Hall–Kier alpha value is -1.79. The van der Waals surface area contributed by atoms with Crippen molar-refractivity contribution < 1.29 is 29.5 Å². The number of amidine groups is 1. The first-order chi connectivity index (χ1) is 9.55. The summed E-state index contributed by atoms with van der Waals surface area (Å²) in [6.07, 6.45) is 3.04. The van der Waals surface area contributed by atoms with Crippen LogP contribution in [-0.2, 0) is 14.2 Å². The van der Waals surface area contributed by atoms with Crippen LogP contribution in [0.1, 0.15) is 0 Å². The second-order valence-electron chi connectivity index (χ2n) is 4.26. The van der Waals surface area contributed by atoms with Crippen LogP contribution in [0.15, 0.2) is 17.0 Å². The van der Waals surface area contributed by atoms with Gasteiger partial charge in [0.25, 0.3) is 6.02 Å². The third-order valence-corrected chi connectivity index (χ3v) is 3.05. The van der Waals surface area contributed by atoms with Crippen molar-refractivity contribution in [1.29, 1.82) is 0 Å². The molecule has 0 aliphatic carbocycles. The number of nitrogens with one attached hydrogen (secondary N) is 1. The topological polar surface area (TPSA) is 113 Å². The van der Waals surface area contributed by atoms with E-state index in [9.17, 15) is 10.2 Å². The molecule has 2 aliphatic heterocycles. The SMILES string of the molecule is C#C[C@]1(O)[C@@H](OC2=NCC=C(OC)N2)O[C@H](CO)[C@H]1O. The Morgan fingerprint density at radius 1 is 1.70 bits per heavy atom. The van der Waals surface area contributed by atoms with E-state index in [-0.39, 0.29) is 6.02 Å². The van der Waals surface area contributed by atoms with Gasteiger partial charge in [0, 0.05) is 0 Å². The van der Waals surface area contributed by atoms with Crippen molar-refractivity contribution in [1.82, 2.24) is 5.32 Å². The molecule has 4 N–H and O–H groups in total. The Morgan fingerprint density at radius 2 is 2.45 bits per heavy atom. The first kappa shape index (κ1) is 14.6. The predicted octanol–water partition coefficient (Wildman–Crippen LogP) is -2.11. The number of aliphatic imine (C=N–C) groups is 1. The first-order valence-electron chi connectivity index (χ1n) is 5.92. The number of aliphatic hydroxyl groups is 3. The van der Waals surface area contributed by atoms with Gasteiger partial charge in [0.05, 0.1) is 20.3 Å². The highest BCUT2D eigenvalue weighted by molar-refractivity contribution is 5.76. The van der Waals surface area contributed by atoms with Crippen molar-refractivity contribution in [2.75, 3.05) is 20.3 Å². The Balaban J connectivity index is 2.09. The predicted molar refractivity (Wildman–Crippen MR) is 67.2 cm³/mol. The van der Waals surface area contributed by atoms with E-state index in [4.69, 9.17) is 25.7 Å². The van der Waals surface area contributed by atoms with Gasteiger partial charge in [-0.05, 0) is 6.08 Å². The highest BCUT2D eigenvalue weighted by atomic mass is 16.7. The van der Waals surface area contributed by atoms with Crippen LogP contribution >= 0.6 is 0 Å². The summed E-state index contributed by atoms with van der Waals surface area (Å²) in [6, 6.07) is 0.0359. The molecule has 2 heterocycles. The molecule has 1 saturated heterocycles. The Kier molecular flexibility index (Phi) is 4.15. The van der Waals surface area contributed by atoms with Crippen molar-refractivity contribution >= 4 is 6.02 Å². The molecule has 0 bridgehead atoms. The molecule has 0 aromatic carbocycles. The summed E-state index contributed by atoms with van der Waals surface area (Å²) in [5.74, 6) is 2.46. The minimum absolute atomic E-state index is 0.0359. The van der Waals surface area contributed by atoms with Crippen molar-refractivity contribution in [3.63, 3.8) is 0 Å². The average molecular weight is 284 g/mol. The van der Waals surface area contributed by atoms with Crippen molar-refractivity contribution in [2.45, 2.75) is 24.1 Å². The fourth-order valence-electron chi connectivity index (χ4n) is 1.88. The minimum Gasteiger partial charge on any atom is -0.482 e. The number of hydrogen-bond donors (Lipinski definition) is 4. The van der Waals surface area contributed by atoms with Crippen LogP contribution in [0.2, 0.25) is 0 Å². The monoisotopic (exact) mass is 284 g/mol. The second-order valence-corrected chi connectivity index (χ2v) is 4.26. The second kappa shape index (κ2) is 5.68. The molecule has 0 amide bonds. The van der Waals surface area contributed by atoms with E-state index in [1.54, 1.807) is 6.08 Å². The fraction of sp³-hybridized carbons (Fsp3) is 0.583. The molecular formula is C12H16N2O6. The van der Waals surface area contributed by atoms with E-state index in [2.05, 4.69) is 10.3 Å². The van der Waals surface area contributed by atoms with Crippen LogP contribution in [-0.4, -0.2) is 65.7 Å². The number of aliphatic hydroxyl groups excluding tert-OH is 2. The van der Waals surface area contributed by atoms with Crippen LogP contribution in [0.25, 0.3) is 0 Å². The maximum absolute atomic E-state index is 10.2. The van der Waals surface area contributed by atoms with Gasteiger partial charge in [-0.25, -0.2) is 4.99 Å². The van der Waals surface area contributed by atoms with E-state index < -0.39 is 30.7 Å². The summed E-state index contributed by atoms with van der Waals surface area (Å²) in [5.41, 5.74) is -2.08. The molecule has 8 heteroatoms. The molecule has 2 aliphatic rings. The summed E-state index contributed by atoms with van der Waals surface area (Å²) in [6.45, 7) is -0.188. The van der Waals surface area contributed by atoms with E-state index in [1.165, 1.54) is 7.11 Å². The summed E-state index contributed by atoms with van der Waals surface area (Å²) >= 11 is 0. The molecule has 0 spiro atoms. The molecule has 0 aromatic rings. The number of hydrogen-bond acceptors (Lipinski definition) is 8. The molecule has 0 saturated carbocycles. The molecule has 20 heavy (non-hydrogen) atoms. The van der Waals surface area contributed by atoms with Crippen molar-refractivity contribution in [2.24, 2.45) is 4.99 Å². The van der Waals surface area contributed by atoms with Gasteiger partial charge in [-0.2, -0.15) is 0 Å². The lowest BCUT2D eigenvalue weighted by Crippen LogP contribution is -2.50. The lowest BCUT2D eigenvalue weighted by Gasteiger charge is -2.26. The summed E-state index contributed by atoms with van der Waals surface area (Å²) < 4.78 is 15.5. The molecule has 8 nitrogen and oxygen atoms in total. The molecule has 110 valence electrons. The summed E-state index contributed by atoms with van der Waals surface area (Å²) in [5, 5.41) is 31.8. The summed E-state index contributed by atoms with van der Waals surface area (Å²) in [7, 11) is 1.47. The van der Waals surface area contributed by atoms with Crippen molar-refractivity contribution in [3.8, 4) is 12.3 Å². The number of nitrogens with zero attached hydrogens (tertiary/aromatic N) is 1. The van der Waals surface area contributed by atoms with Gasteiger partial charge in [0.1, 0.15) is 12.2 Å². The van der Waals surface area contributed by atoms with E-state index in [0.717, 1.165) is 0 Å². The van der Waals surface area contributed by atoms with Crippen LogP contribution in [0.4, 0.5) is 0 Å². The highest BCUT2D eigenvalue weighted by Crippen LogP contribution is 2.31. The number of methoxy groups -OCH3 is 1. The van der Waals surface area contributed by atoms with Crippen molar-refractivity contribution in [3.05, 3.63) is 12.0 Å². The standard InChI is InChI=1S/C12H16N2O6/c1-3-12(17)9(16)7(6-15)19-10(12)20-11-13-5-4-8(14-11)18-2/h1,4,7,9-10,15-17H,5-6H2,2H3,(H,13,14)/t7-,9-,10-,12-/m1/s1. The maximum atomic E-state index is 10.2. The first-order valence-corrected chi connectivity index (χ1v) is 5.92. The smallest absolute Gasteiger partial charge is 0.294 e. The van der Waals surface area contributed by atoms with Crippen LogP contribution in [0.5, 0.6) is 0 Å². The van der Waals surface area contributed by atoms with Gasteiger partial charge < -0.3 is 29.5 Å². The van der Waals surface area contributed by atoms with Gasteiger partial charge in [0.2, 0.25) is 11.9 Å². The quantitative estimate of drug-likeness (QED) is 0.439. The lowest BCUT2D eigenvalue weighted by atomic mass is 9.96. The number of rotatable bonds is 3. The molecule has 1 fully saturated rings. The minimum atomic E-state index is -2.08. The lowest BCUT2D eigenvalue weighted by molar-refractivity contribution is -0.147. The molecular weight excluding hydrogens is 268 g/mol. The Bertz CT molecular complexity index is 471. The molecule has 0 unspecified atom stereocenters. The number of ether oxygens (including phenoxy) is 3. The van der Waals surface area contributed by atoms with Gasteiger partial charge in [0.15, 0.2) is 5.88 Å².